The number of hydrogen-bond donors (Lipinski definition) is 2. The summed E-state index contributed by atoms with van der Waals surface area (Å²) in [7, 11) is 0. The van der Waals surface area contributed by atoms with Crippen molar-refractivity contribution in [1.29, 1.82) is 0 Å². The van der Waals surface area contributed by atoms with Crippen LogP contribution in [0.2, 0.25) is 0 Å². The van der Waals surface area contributed by atoms with E-state index in [9.17, 15) is 4.79 Å². The Morgan fingerprint density at radius 3 is 2.91 bits per heavy atom. The topological polar surface area (TPSA) is 57.8 Å². The molecule has 23 heavy (non-hydrogen) atoms. The summed E-state index contributed by atoms with van der Waals surface area (Å²) in [5.41, 5.74) is 1.97. The summed E-state index contributed by atoms with van der Waals surface area (Å²) in [5, 5.41) is 3.19. The van der Waals surface area contributed by atoms with Crippen molar-refractivity contribution < 1.29 is 4.79 Å². The van der Waals surface area contributed by atoms with Crippen LogP contribution in [0.25, 0.3) is 11.0 Å². The molecule has 0 spiro atoms. The minimum absolute atomic E-state index is 0.0553. The number of aromatic nitrogens is 2. The van der Waals surface area contributed by atoms with Crippen LogP contribution in [0.3, 0.4) is 0 Å². The van der Waals surface area contributed by atoms with Gasteiger partial charge in [-0.15, -0.1) is 0 Å². The van der Waals surface area contributed by atoms with Crippen molar-refractivity contribution in [3.05, 3.63) is 42.2 Å². The van der Waals surface area contributed by atoms with Crippen LogP contribution in [0.5, 0.6) is 0 Å². The number of rotatable bonds is 6. The number of carbonyl (C=O) groups excluding carboxylic acids is 1. The summed E-state index contributed by atoms with van der Waals surface area (Å²) in [6.45, 7) is 4.34. The summed E-state index contributed by atoms with van der Waals surface area (Å²) in [4.78, 5) is 20.4. The first kappa shape index (κ1) is 15.8. The molecule has 1 amide bonds. The first-order valence-corrected chi connectivity index (χ1v) is 8.52. The van der Waals surface area contributed by atoms with Crippen molar-refractivity contribution >= 4 is 16.9 Å². The van der Waals surface area contributed by atoms with E-state index in [4.69, 9.17) is 0 Å². The van der Waals surface area contributed by atoms with Crippen molar-refractivity contribution in [3.63, 3.8) is 0 Å². The molecule has 122 valence electrons. The molecule has 4 nitrogen and oxygen atoms in total. The van der Waals surface area contributed by atoms with E-state index in [1.807, 2.05) is 24.3 Å². The Kier molecular flexibility index (Phi) is 4.79. The van der Waals surface area contributed by atoms with Gasteiger partial charge in [0.25, 0.3) is 0 Å². The largest absolute Gasteiger partial charge is 0.346 e. The van der Waals surface area contributed by atoms with E-state index in [0.29, 0.717) is 18.3 Å². The molecule has 1 aliphatic rings. The van der Waals surface area contributed by atoms with E-state index in [1.165, 1.54) is 0 Å². The second-order valence-corrected chi connectivity index (χ2v) is 6.86. The highest BCUT2D eigenvalue weighted by Crippen LogP contribution is 2.24. The van der Waals surface area contributed by atoms with Gasteiger partial charge in [-0.05, 0) is 43.2 Å². The first-order chi connectivity index (χ1) is 11.1. The van der Waals surface area contributed by atoms with Crippen molar-refractivity contribution in [3.8, 4) is 0 Å². The average molecular weight is 311 g/mol. The number of hydrogen-bond acceptors (Lipinski definition) is 2. The number of para-hydroxylation sites is 2. The van der Waals surface area contributed by atoms with E-state index < -0.39 is 0 Å². The zero-order valence-electron chi connectivity index (χ0n) is 13.9. The summed E-state index contributed by atoms with van der Waals surface area (Å²) in [6, 6.07) is 7.93. The van der Waals surface area contributed by atoms with Gasteiger partial charge in [0.05, 0.1) is 17.1 Å². The number of aromatic amines is 1. The zero-order valence-corrected chi connectivity index (χ0v) is 13.9. The first-order valence-electron chi connectivity index (χ1n) is 8.52. The Labute approximate surface area is 137 Å². The van der Waals surface area contributed by atoms with Crippen LogP contribution in [0.15, 0.2) is 36.4 Å². The van der Waals surface area contributed by atoms with Gasteiger partial charge in [-0.2, -0.15) is 0 Å². The molecule has 2 atom stereocenters. The summed E-state index contributed by atoms with van der Waals surface area (Å²) < 4.78 is 0. The second-order valence-electron chi connectivity index (χ2n) is 6.86. The van der Waals surface area contributed by atoms with Crippen molar-refractivity contribution in [1.82, 2.24) is 15.3 Å². The molecular weight excluding hydrogens is 286 g/mol. The van der Waals surface area contributed by atoms with Gasteiger partial charge in [-0.3, -0.25) is 4.79 Å². The van der Waals surface area contributed by atoms with E-state index in [1.54, 1.807) is 0 Å². The standard InChI is InChI=1S/C19H25N3O/c1-13(2)11-17(20-18(23)12-14-7-3-4-8-14)19-21-15-9-5-6-10-16(15)22-19/h3,5-7,9-10,13-14,17H,4,8,11-12H2,1-2H3,(H,20,23)(H,21,22)/t14-,17-/m1/s1. The molecule has 1 aliphatic carbocycles. The lowest BCUT2D eigenvalue weighted by Gasteiger charge is -2.19. The van der Waals surface area contributed by atoms with Gasteiger partial charge in [-0.25, -0.2) is 4.98 Å². The molecule has 0 radical (unpaired) electrons. The SMILES string of the molecule is CC(C)C[C@@H](NC(=O)C[C@@H]1C=CCC1)c1nc2ccccc2[nH]1. The fraction of sp³-hybridized carbons (Fsp3) is 0.474. The highest BCUT2D eigenvalue weighted by molar-refractivity contribution is 5.78. The van der Waals surface area contributed by atoms with E-state index >= 15 is 0 Å². The molecule has 0 saturated carbocycles. The van der Waals surface area contributed by atoms with Crippen LogP contribution in [0.1, 0.15) is 51.4 Å². The number of amides is 1. The number of H-pyrrole nitrogens is 1. The Balaban J connectivity index is 1.73. The van der Waals surface area contributed by atoms with Gasteiger partial charge in [-0.1, -0.05) is 38.1 Å². The van der Waals surface area contributed by atoms with Crippen LogP contribution in [-0.2, 0) is 4.79 Å². The molecule has 0 saturated heterocycles. The molecule has 0 unspecified atom stereocenters. The average Bonchev–Trinajstić information content (AvgIpc) is 3.14. The maximum absolute atomic E-state index is 12.4. The summed E-state index contributed by atoms with van der Waals surface area (Å²) >= 11 is 0. The Morgan fingerprint density at radius 2 is 2.22 bits per heavy atom. The molecule has 1 aromatic carbocycles. The number of fused-ring (bicyclic) bond motifs is 1. The van der Waals surface area contributed by atoms with Crippen LogP contribution in [-0.4, -0.2) is 15.9 Å². The van der Waals surface area contributed by atoms with Crippen molar-refractivity contribution in [2.45, 2.75) is 45.6 Å². The maximum Gasteiger partial charge on any atom is 0.221 e. The second kappa shape index (κ2) is 6.99. The normalized spacial score (nSPS) is 18.7. The Hall–Kier alpha value is -2.10. The molecule has 4 heteroatoms. The van der Waals surface area contributed by atoms with Crippen molar-refractivity contribution in [2.75, 3.05) is 0 Å². The molecule has 2 aromatic rings. The lowest BCUT2D eigenvalue weighted by atomic mass is 10.0. The molecule has 3 rings (SSSR count). The number of allylic oxidation sites excluding steroid dienone is 2. The molecule has 0 bridgehead atoms. The van der Waals surface area contributed by atoms with Gasteiger partial charge in [0, 0.05) is 6.42 Å². The lowest BCUT2D eigenvalue weighted by Crippen LogP contribution is -2.31. The monoisotopic (exact) mass is 311 g/mol. The van der Waals surface area contributed by atoms with Gasteiger partial charge in [0.15, 0.2) is 0 Å². The van der Waals surface area contributed by atoms with E-state index in [2.05, 4.69) is 41.3 Å². The third-order valence-electron chi connectivity index (χ3n) is 4.34. The Bertz CT molecular complexity index is 668. The summed E-state index contributed by atoms with van der Waals surface area (Å²) in [6.07, 6.45) is 7.97. The molecule has 1 aromatic heterocycles. The highest BCUT2D eigenvalue weighted by atomic mass is 16.1. The molecule has 0 fully saturated rings. The zero-order chi connectivity index (χ0) is 16.2. The number of benzene rings is 1. The molecule has 2 N–H and O–H groups in total. The van der Waals surface area contributed by atoms with E-state index in [0.717, 1.165) is 36.1 Å². The van der Waals surface area contributed by atoms with Crippen LogP contribution in [0, 0.1) is 11.8 Å². The van der Waals surface area contributed by atoms with Crippen LogP contribution in [0.4, 0.5) is 0 Å². The molecule has 0 aliphatic heterocycles. The minimum Gasteiger partial charge on any atom is -0.346 e. The molecular formula is C19H25N3O. The highest BCUT2D eigenvalue weighted by Gasteiger charge is 2.21. The number of imidazole rings is 1. The Morgan fingerprint density at radius 1 is 1.39 bits per heavy atom. The van der Waals surface area contributed by atoms with Gasteiger partial charge >= 0.3 is 0 Å². The van der Waals surface area contributed by atoms with Crippen LogP contribution >= 0.6 is 0 Å². The fourth-order valence-corrected chi connectivity index (χ4v) is 3.20. The van der Waals surface area contributed by atoms with Gasteiger partial charge < -0.3 is 10.3 Å². The number of nitrogens with zero attached hydrogens (tertiary/aromatic N) is 1. The maximum atomic E-state index is 12.4. The smallest absolute Gasteiger partial charge is 0.221 e. The third kappa shape index (κ3) is 4.01. The van der Waals surface area contributed by atoms with Crippen molar-refractivity contribution in [2.24, 2.45) is 11.8 Å². The number of nitrogens with one attached hydrogen (secondary N) is 2. The fourth-order valence-electron chi connectivity index (χ4n) is 3.20. The molecule has 1 heterocycles. The van der Waals surface area contributed by atoms with Gasteiger partial charge in [0.2, 0.25) is 5.91 Å². The lowest BCUT2D eigenvalue weighted by molar-refractivity contribution is -0.122. The number of carbonyl (C=O) groups is 1. The third-order valence-corrected chi connectivity index (χ3v) is 4.34. The quantitative estimate of drug-likeness (QED) is 0.788. The van der Waals surface area contributed by atoms with Crippen LogP contribution < -0.4 is 5.32 Å². The predicted molar refractivity (Wildman–Crippen MR) is 92.9 cm³/mol. The van der Waals surface area contributed by atoms with E-state index in [-0.39, 0.29) is 11.9 Å². The summed E-state index contributed by atoms with van der Waals surface area (Å²) in [5.74, 6) is 1.85. The van der Waals surface area contributed by atoms with Gasteiger partial charge in [0.1, 0.15) is 5.82 Å². The predicted octanol–water partition coefficient (Wildman–Crippen LogP) is 4.12. The minimum atomic E-state index is -0.0553.